The summed E-state index contributed by atoms with van der Waals surface area (Å²) in [7, 11) is 3.84. The number of ether oxygens (including phenoxy) is 1. The van der Waals surface area contributed by atoms with Gasteiger partial charge >= 0.3 is 0 Å². The van der Waals surface area contributed by atoms with Gasteiger partial charge in [-0.15, -0.1) is 0 Å². The highest BCUT2D eigenvalue weighted by Gasteiger charge is 2.23. The zero-order chi connectivity index (χ0) is 15.5. The molecule has 0 unspecified atom stereocenters. The Bertz CT molecular complexity index is 668. The molecule has 2 heterocycles. The van der Waals surface area contributed by atoms with Crippen LogP contribution in [0.2, 0.25) is 0 Å². The normalized spacial score (nSPS) is 16.4. The van der Waals surface area contributed by atoms with Gasteiger partial charge in [0.05, 0.1) is 18.2 Å². The van der Waals surface area contributed by atoms with Gasteiger partial charge in [0.15, 0.2) is 0 Å². The van der Waals surface area contributed by atoms with E-state index in [1.807, 2.05) is 49.3 Å². The second-order valence-electron chi connectivity index (χ2n) is 5.50. The maximum absolute atomic E-state index is 12.4. The first-order valence-corrected chi connectivity index (χ1v) is 7.31. The number of amides is 1. The highest BCUT2D eigenvalue weighted by Crippen LogP contribution is 2.31. The summed E-state index contributed by atoms with van der Waals surface area (Å²) in [6.07, 6.45) is 2.38. The number of aromatic nitrogens is 1. The molecular weight excluding hydrogens is 278 g/mol. The minimum Gasteiger partial charge on any atom is -0.493 e. The van der Waals surface area contributed by atoms with Crippen LogP contribution in [0, 0.1) is 0 Å². The number of carbonyl (C=O) groups excluding carboxylic acids is 1. The molecule has 1 aliphatic heterocycles. The number of nitrogens with zero attached hydrogens (tertiary/aromatic N) is 2. The Balaban J connectivity index is 1.75. The molecule has 1 amide bonds. The third-order valence-electron chi connectivity index (χ3n) is 3.73. The summed E-state index contributed by atoms with van der Waals surface area (Å²) < 4.78 is 5.61. The van der Waals surface area contributed by atoms with Crippen molar-refractivity contribution in [3.63, 3.8) is 0 Å². The van der Waals surface area contributed by atoms with Crippen molar-refractivity contribution in [3.05, 3.63) is 53.7 Å². The van der Waals surface area contributed by atoms with Gasteiger partial charge in [-0.2, -0.15) is 0 Å². The summed E-state index contributed by atoms with van der Waals surface area (Å²) in [5.74, 6) is 1.56. The van der Waals surface area contributed by atoms with Crippen LogP contribution in [0.25, 0.3) is 0 Å². The number of benzene rings is 1. The van der Waals surface area contributed by atoms with Gasteiger partial charge in [-0.1, -0.05) is 18.2 Å². The quantitative estimate of drug-likeness (QED) is 0.945. The Hall–Kier alpha value is -2.56. The summed E-state index contributed by atoms with van der Waals surface area (Å²) in [5, 5.41) is 3.07. The van der Waals surface area contributed by atoms with Gasteiger partial charge in [0.1, 0.15) is 11.6 Å². The summed E-state index contributed by atoms with van der Waals surface area (Å²) in [6.45, 7) is 0.611. The van der Waals surface area contributed by atoms with Crippen molar-refractivity contribution >= 4 is 11.7 Å². The minimum atomic E-state index is -0.112. The highest BCUT2D eigenvalue weighted by molar-refractivity contribution is 5.94. The number of nitrogens with one attached hydrogen (secondary N) is 1. The van der Waals surface area contributed by atoms with Gasteiger partial charge < -0.3 is 15.0 Å². The zero-order valence-corrected chi connectivity index (χ0v) is 12.7. The van der Waals surface area contributed by atoms with Crippen LogP contribution < -0.4 is 15.0 Å². The van der Waals surface area contributed by atoms with Crippen molar-refractivity contribution in [3.8, 4) is 5.75 Å². The molecule has 5 nitrogen and oxygen atoms in total. The molecule has 0 fully saturated rings. The minimum absolute atomic E-state index is 0.0222. The zero-order valence-electron chi connectivity index (χ0n) is 12.7. The lowest BCUT2D eigenvalue weighted by Gasteiger charge is -2.26. The number of carbonyl (C=O) groups is 1. The molecule has 1 N–H and O–H groups in total. The van der Waals surface area contributed by atoms with Crippen molar-refractivity contribution in [2.75, 3.05) is 25.6 Å². The first kappa shape index (κ1) is 14.4. The number of hydrogen-bond donors (Lipinski definition) is 1. The fourth-order valence-electron chi connectivity index (χ4n) is 2.52. The molecule has 0 spiro atoms. The topological polar surface area (TPSA) is 54.5 Å². The van der Waals surface area contributed by atoms with Gasteiger partial charge in [-0.05, 0) is 18.2 Å². The molecule has 1 aromatic carbocycles. The summed E-state index contributed by atoms with van der Waals surface area (Å²) >= 11 is 0. The Morgan fingerprint density at radius 2 is 2.09 bits per heavy atom. The monoisotopic (exact) mass is 297 g/mol. The third kappa shape index (κ3) is 2.88. The predicted molar refractivity (Wildman–Crippen MR) is 85.3 cm³/mol. The predicted octanol–water partition coefficient (Wildman–Crippen LogP) is 2.40. The fourth-order valence-corrected chi connectivity index (χ4v) is 2.52. The molecule has 0 bridgehead atoms. The molecule has 22 heavy (non-hydrogen) atoms. The summed E-state index contributed by atoms with van der Waals surface area (Å²) in [4.78, 5) is 18.6. The SMILES string of the molecule is CN(C)c1ccc(C(=O)N[C@H]2CCOc3ccccc32)cn1. The molecular formula is C17H19N3O2. The van der Waals surface area contributed by atoms with E-state index in [-0.39, 0.29) is 11.9 Å². The van der Waals surface area contributed by atoms with Gasteiger partial charge in [0, 0.05) is 32.3 Å². The Morgan fingerprint density at radius 3 is 2.82 bits per heavy atom. The van der Waals surface area contributed by atoms with Gasteiger partial charge in [-0.3, -0.25) is 4.79 Å². The van der Waals surface area contributed by atoms with Crippen LogP contribution in [0.5, 0.6) is 5.75 Å². The standard InChI is InChI=1S/C17H19N3O2/c1-20(2)16-8-7-12(11-18-16)17(21)19-14-9-10-22-15-6-4-3-5-13(14)15/h3-8,11,14H,9-10H2,1-2H3,(H,19,21)/t14-/m0/s1. The van der Waals surface area contributed by atoms with E-state index in [0.29, 0.717) is 12.2 Å². The molecule has 1 aliphatic rings. The molecule has 3 rings (SSSR count). The van der Waals surface area contributed by atoms with Crippen LogP contribution in [0.1, 0.15) is 28.4 Å². The van der Waals surface area contributed by atoms with Crippen LogP contribution in [-0.4, -0.2) is 31.6 Å². The van der Waals surface area contributed by atoms with Crippen LogP contribution in [-0.2, 0) is 0 Å². The lowest BCUT2D eigenvalue weighted by atomic mass is 10.0. The van der Waals surface area contributed by atoms with Crippen molar-refractivity contribution in [1.29, 1.82) is 0 Å². The van der Waals surface area contributed by atoms with E-state index in [1.54, 1.807) is 12.3 Å². The van der Waals surface area contributed by atoms with E-state index in [2.05, 4.69) is 10.3 Å². The molecule has 1 atom stereocenters. The Labute approximate surface area is 129 Å². The van der Waals surface area contributed by atoms with Crippen LogP contribution in [0.15, 0.2) is 42.6 Å². The number of pyridine rings is 1. The fraction of sp³-hybridized carbons (Fsp3) is 0.294. The maximum Gasteiger partial charge on any atom is 0.253 e. The smallest absolute Gasteiger partial charge is 0.253 e. The van der Waals surface area contributed by atoms with E-state index >= 15 is 0 Å². The largest absolute Gasteiger partial charge is 0.493 e. The van der Waals surface area contributed by atoms with Crippen molar-refractivity contribution in [2.24, 2.45) is 0 Å². The number of hydrogen-bond acceptors (Lipinski definition) is 4. The van der Waals surface area contributed by atoms with Gasteiger partial charge in [0.25, 0.3) is 5.91 Å². The molecule has 2 aromatic rings. The van der Waals surface area contributed by atoms with Crippen LogP contribution in [0.4, 0.5) is 5.82 Å². The number of anilines is 1. The number of rotatable bonds is 3. The van der Waals surface area contributed by atoms with Gasteiger partial charge in [0.2, 0.25) is 0 Å². The highest BCUT2D eigenvalue weighted by atomic mass is 16.5. The van der Waals surface area contributed by atoms with E-state index in [9.17, 15) is 4.79 Å². The number of fused-ring (bicyclic) bond motifs is 1. The van der Waals surface area contributed by atoms with Crippen LogP contribution >= 0.6 is 0 Å². The average molecular weight is 297 g/mol. The lowest BCUT2D eigenvalue weighted by molar-refractivity contribution is 0.0924. The molecule has 5 heteroatoms. The van der Waals surface area contributed by atoms with Crippen molar-refractivity contribution < 1.29 is 9.53 Å². The van der Waals surface area contributed by atoms with E-state index < -0.39 is 0 Å². The van der Waals surface area contributed by atoms with Gasteiger partial charge in [-0.25, -0.2) is 4.98 Å². The molecule has 0 radical (unpaired) electrons. The van der Waals surface area contributed by atoms with E-state index in [4.69, 9.17) is 4.74 Å². The first-order chi connectivity index (χ1) is 10.6. The first-order valence-electron chi connectivity index (χ1n) is 7.31. The van der Waals surface area contributed by atoms with E-state index in [0.717, 1.165) is 23.6 Å². The average Bonchev–Trinajstić information content (AvgIpc) is 2.55. The molecule has 114 valence electrons. The third-order valence-corrected chi connectivity index (χ3v) is 3.73. The van der Waals surface area contributed by atoms with Crippen molar-refractivity contribution in [2.45, 2.75) is 12.5 Å². The molecule has 1 aromatic heterocycles. The lowest BCUT2D eigenvalue weighted by Crippen LogP contribution is -2.32. The summed E-state index contributed by atoms with van der Waals surface area (Å²) in [5.41, 5.74) is 1.59. The Morgan fingerprint density at radius 1 is 1.27 bits per heavy atom. The second kappa shape index (κ2) is 6.05. The number of para-hydroxylation sites is 1. The second-order valence-corrected chi connectivity index (χ2v) is 5.50. The molecule has 0 saturated heterocycles. The molecule has 0 aliphatic carbocycles. The van der Waals surface area contributed by atoms with E-state index in [1.165, 1.54) is 0 Å². The molecule has 0 saturated carbocycles. The Kier molecular flexibility index (Phi) is 3.96. The van der Waals surface area contributed by atoms with Crippen LogP contribution in [0.3, 0.4) is 0 Å². The maximum atomic E-state index is 12.4. The summed E-state index contributed by atoms with van der Waals surface area (Å²) in [6, 6.07) is 11.4. The van der Waals surface area contributed by atoms with Crippen molar-refractivity contribution in [1.82, 2.24) is 10.3 Å².